The summed E-state index contributed by atoms with van der Waals surface area (Å²) in [6.45, 7) is 5.04. The van der Waals surface area contributed by atoms with Crippen molar-refractivity contribution in [2.24, 2.45) is 0 Å². The van der Waals surface area contributed by atoms with E-state index in [1.54, 1.807) is 20.8 Å². The van der Waals surface area contributed by atoms with E-state index in [9.17, 15) is 24.1 Å². The highest BCUT2D eigenvalue weighted by molar-refractivity contribution is 5.85. The first-order valence-corrected chi connectivity index (χ1v) is 9.05. The summed E-state index contributed by atoms with van der Waals surface area (Å²) >= 11 is 0. The maximum atomic E-state index is 14.9. The number of nitrogens with zero attached hydrogens (tertiary/aromatic N) is 2. The molecule has 30 heavy (non-hydrogen) atoms. The van der Waals surface area contributed by atoms with Gasteiger partial charge in [-0.2, -0.15) is 0 Å². The van der Waals surface area contributed by atoms with Gasteiger partial charge in [0.1, 0.15) is 11.4 Å². The molecular weight excluding hydrogens is 397 g/mol. The molecule has 1 heterocycles. The van der Waals surface area contributed by atoms with Gasteiger partial charge in [0.25, 0.3) is 5.69 Å². The molecule has 0 aliphatic carbocycles. The number of ether oxygens (including phenoxy) is 2. The van der Waals surface area contributed by atoms with E-state index in [1.165, 1.54) is 41.3 Å². The molecule has 9 nitrogen and oxygen atoms in total. The molecule has 0 fully saturated rings. The first-order valence-electron chi connectivity index (χ1n) is 9.05. The number of anilines is 1. The van der Waals surface area contributed by atoms with Crippen LogP contribution in [0.25, 0.3) is 0 Å². The van der Waals surface area contributed by atoms with Crippen molar-refractivity contribution >= 4 is 23.6 Å². The largest absolute Gasteiger partial charge is 0.444 e. The molecule has 2 amide bonds. The number of halogens is 1. The van der Waals surface area contributed by atoms with Crippen molar-refractivity contribution in [3.8, 4) is 5.75 Å². The summed E-state index contributed by atoms with van der Waals surface area (Å²) in [5.74, 6) is -0.600. The molecule has 1 aliphatic rings. The zero-order valence-corrected chi connectivity index (χ0v) is 16.6. The molecule has 0 unspecified atom stereocenters. The molecule has 0 radical (unpaired) electrons. The van der Waals surface area contributed by atoms with Gasteiger partial charge in [0.2, 0.25) is 0 Å². The zero-order valence-electron chi connectivity index (χ0n) is 16.6. The average Bonchev–Trinajstić information content (AvgIpc) is 2.63. The van der Waals surface area contributed by atoms with Gasteiger partial charge in [0.15, 0.2) is 5.82 Å². The van der Waals surface area contributed by atoms with Crippen LogP contribution in [-0.4, -0.2) is 27.6 Å². The number of nitro groups is 1. The Morgan fingerprint density at radius 1 is 1.33 bits per heavy atom. The molecule has 1 aliphatic heterocycles. The smallest absolute Gasteiger partial charge is 0.415 e. The second-order valence-electron chi connectivity index (χ2n) is 7.68. The summed E-state index contributed by atoms with van der Waals surface area (Å²) < 4.78 is 25.1. The lowest BCUT2D eigenvalue weighted by Gasteiger charge is -2.28. The quantitative estimate of drug-likeness (QED) is 0.575. The number of rotatable bonds is 4. The van der Waals surface area contributed by atoms with Crippen LogP contribution in [0.3, 0.4) is 0 Å². The molecule has 0 saturated carbocycles. The Bertz CT molecular complexity index is 1020. The fourth-order valence-electron chi connectivity index (χ4n) is 2.85. The molecule has 1 N–H and O–H groups in total. The first-order chi connectivity index (χ1) is 14.0. The average molecular weight is 417 g/mol. The van der Waals surface area contributed by atoms with E-state index in [0.717, 1.165) is 0 Å². The Morgan fingerprint density at radius 3 is 2.73 bits per heavy atom. The van der Waals surface area contributed by atoms with Crippen molar-refractivity contribution in [3.05, 3.63) is 63.5 Å². The summed E-state index contributed by atoms with van der Waals surface area (Å²) in [4.78, 5) is 35.7. The molecule has 158 valence electrons. The molecule has 0 spiro atoms. The van der Waals surface area contributed by atoms with Crippen LogP contribution in [0.2, 0.25) is 0 Å². The van der Waals surface area contributed by atoms with E-state index in [1.807, 2.05) is 0 Å². The Hall–Kier alpha value is -3.69. The number of fused-ring (bicyclic) bond motifs is 1. The second kappa shape index (κ2) is 7.97. The van der Waals surface area contributed by atoms with Crippen LogP contribution >= 0.6 is 0 Å². The fraction of sp³-hybridized carbons (Fsp3) is 0.300. The Labute approximate surface area is 171 Å². The summed E-state index contributed by atoms with van der Waals surface area (Å²) in [6.07, 6.45) is -1.56. The molecule has 2 aromatic carbocycles. The van der Waals surface area contributed by atoms with Gasteiger partial charge in [-0.25, -0.2) is 14.0 Å². The number of hydrogen-bond donors (Lipinski definition) is 1. The molecule has 10 heteroatoms. The monoisotopic (exact) mass is 417 g/mol. The lowest BCUT2D eigenvalue weighted by molar-refractivity contribution is -0.384. The third kappa shape index (κ3) is 4.83. The highest BCUT2D eigenvalue weighted by Crippen LogP contribution is 2.31. The minimum absolute atomic E-state index is 0.0804. The molecule has 0 atom stereocenters. The Balaban J connectivity index is 1.76. The number of carbonyl (C=O) groups excluding carboxylic acids is 2. The van der Waals surface area contributed by atoms with Crippen LogP contribution in [0.5, 0.6) is 5.75 Å². The van der Waals surface area contributed by atoms with Crippen molar-refractivity contribution in [1.82, 2.24) is 4.90 Å². The molecule has 0 saturated heterocycles. The van der Waals surface area contributed by atoms with Crippen LogP contribution < -0.4 is 10.1 Å². The van der Waals surface area contributed by atoms with E-state index in [0.29, 0.717) is 5.56 Å². The van der Waals surface area contributed by atoms with Gasteiger partial charge in [0, 0.05) is 17.2 Å². The third-order valence-corrected chi connectivity index (χ3v) is 4.15. The maximum Gasteiger partial charge on any atom is 0.415 e. The number of nitrogens with one attached hydrogen (secondary N) is 1. The SMILES string of the molecule is CC(C)(C)OC(=O)Nc1cccc(CN2Cc3ccc([N+](=O)[O-])cc3OC2=O)c1F. The summed E-state index contributed by atoms with van der Waals surface area (Å²) in [6, 6.07) is 8.38. The third-order valence-electron chi connectivity index (χ3n) is 4.15. The van der Waals surface area contributed by atoms with Gasteiger partial charge in [-0.05, 0) is 32.9 Å². The van der Waals surface area contributed by atoms with Crippen LogP contribution in [-0.2, 0) is 17.8 Å². The fourth-order valence-corrected chi connectivity index (χ4v) is 2.85. The lowest BCUT2D eigenvalue weighted by atomic mass is 10.1. The summed E-state index contributed by atoms with van der Waals surface area (Å²) in [7, 11) is 0. The summed E-state index contributed by atoms with van der Waals surface area (Å²) in [5, 5.41) is 13.2. The van der Waals surface area contributed by atoms with Gasteiger partial charge in [-0.1, -0.05) is 12.1 Å². The minimum atomic E-state index is -0.800. The topological polar surface area (TPSA) is 111 Å². The van der Waals surface area contributed by atoms with Crippen LogP contribution in [0.1, 0.15) is 31.9 Å². The standard InChI is InChI=1S/C20H20FN3O6/c1-20(2,3)30-18(25)22-15-6-4-5-13(17(15)21)11-23-10-12-7-8-14(24(27)28)9-16(12)29-19(23)26/h4-9H,10-11H2,1-3H3,(H,22,25). The normalized spacial score (nSPS) is 13.3. The minimum Gasteiger partial charge on any atom is -0.444 e. The van der Waals surface area contributed by atoms with Crippen molar-refractivity contribution in [2.75, 3.05) is 5.32 Å². The molecule has 2 aromatic rings. The van der Waals surface area contributed by atoms with Crippen molar-refractivity contribution in [2.45, 2.75) is 39.5 Å². The number of benzene rings is 2. The summed E-state index contributed by atoms with van der Waals surface area (Å²) in [5.41, 5.74) is -0.294. The molecule has 0 aromatic heterocycles. The lowest BCUT2D eigenvalue weighted by Crippen LogP contribution is -2.36. The van der Waals surface area contributed by atoms with Gasteiger partial charge in [-0.15, -0.1) is 0 Å². The number of nitro benzene ring substituents is 1. The number of amides is 2. The predicted molar refractivity (Wildman–Crippen MR) is 105 cm³/mol. The zero-order chi connectivity index (χ0) is 22.1. The van der Waals surface area contributed by atoms with Gasteiger partial charge in [-0.3, -0.25) is 20.3 Å². The van der Waals surface area contributed by atoms with Crippen LogP contribution in [0.15, 0.2) is 36.4 Å². The second-order valence-corrected chi connectivity index (χ2v) is 7.68. The van der Waals surface area contributed by atoms with E-state index in [2.05, 4.69) is 5.32 Å². The maximum absolute atomic E-state index is 14.9. The van der Waals surface area contributed by atoms with E-state index < -0.39 is 28.5 Å². The van der Waals surface area contributed by atoms with Crippen LogP contribution in [0.4, 0.5) is 25.4 Å². The first kappa shape index (κ1) is 21.0. The van der Waals surface area contributed by atoms with E-state index in [-0.39, 0.29) is 35.8 Å². The highest BCUT2D eigenvalue weighted by atomic mass is 19.1. The Morgan fingerprint density at radius 2 is 2.07 bits per heavy atom. The molecule has 0 bridgehead atoms. The van der Waals surface area contributed by atoms with Crippen molar-refractivity contribution in [1.29, 1.82) is 0 Å². The predicted octanol–water partition coefficient (Wildman–Crippen LogP) is 4.60. The highest BCUT2D eigenvalue weighted by Gasteiger charge is 2.28. The molecular formula is C20H20FN3O6. The van der Waals surface area contributed by atoms with E-state index in [4.69, 9.17) is 9.47 Å². The van der Waals surface area contributed by atoms with Crippen molar-refractivity contribution < 1.29 is 28.4 Å². The Kier molecular flexibility index (Phi) is 5.59. The van der Waals surface area contributed by atoms with Gasteiger partial charge < -0.3 is 9.47 Å². The van der Waals surface area contributed by atoms with E-state index >= 15 is 0 Å². The number of non-ortho nitro benzene ring substituents is 1. The number of hydrogen-bond acceptors (Lipinski definition) is 6. The van der Waals surface area contributed by atoms with Crippen LogP contribution in [0, 0.1) is 15.9 Å². The van der Waals surface area contributed by atoms with Gasteiger partial charge >= 0.3 is 12.2 Å². The number of carbonyl (C=O) groups is 2. The van der Waals surface area contributed by atoms with Crippen molar-refractivity contribution in [3.63, 3.8) is 0 Å². The van der Waals surface area contributed by atoms with Gasteiger partial charge in [0.05, 0.1) is 29.8 Å². The molecule has 3 rings (SSSR count).